The second-order valence-electron chi connectivity index (χ2n) is 3.66. The van der Waals surface area contributed by atoms with Crippen molar-refractivity contribution < 1.29 is 9.53 Å². The number of hydrogen-bond donors (Lipinski definition) is 1. The number of methoxy groups -OCH3 is 1. The molecule has 1 amide bonds. The summed E-state index contributed by atoms with van der Waals surface area (Å²) in [5.41, 5.74) is 0. The molecule has 0 spiro atoms. The lowest BCUT2D eigenvalue weighted by molar-refractivity contribution is -0.130. The Morgan fingerprint density at radius 3 is 3.00 bits per heavy atom. The first-order valence-corrected chi connectivity index (χ1v) is 6.65. The van der Waals surface area contributed by atoms with E-state index in [1.807, 2.05) is 23.3 Å². The lowest BCUT2D eigenvalue weighted by Crippen LogP contribution is -2.38. The van der Waals surface area contributed by atoms with Gasteiger partial charge >= 0.3 is 0 Å². The van der Waals surface area contributed by atoms with Crippen molar-refractivity contribution in [2.45, 2.75) is 13.5 Å². The van der Waals surface area contributed by atoms with Crippen LogP contribution in [0.1, 0.15) is 11.8 Å². The van der Waals surface area contributed by atoms with Gasteiger partial charge in [0.2, 0.25) is 5.91 Å². The molecule has 0 fully saturated rings. The number of nitrogens with one attached hydrogen (secondary N) is 1. The van der Waals surface area contributed by atoms with Gasteiger partial charge in [-0.05, 0) is 18.4 Å². The maximum Gasteiger partial charge on any atom is 0.236 e. The molecule has 0 unspecified atom stereocenters. The predicted molar refractivity (Wildman–Crippen MR) is 70.2 cm³/mol. The van der Waals surface area contributed by atoms with Gasteiger partial charge in [0.1, 0.15) is 0 Å². The van der Waals surface area contributed by atoms with E-state index in [9.17, 15) is 4.79 Å². The molecule has 0 radical (unpaired) electrons. The molecule has 1 N–H and O–H groups in total. The summed E-state index contributed by atoms with van der Waals surface area (Å²) in [6.07, 6.45) is 0. The molecule has 1 aromatic rings. The van der Waals surface area contributed by atoms with Crippen LogP contribution in [0.2, 0.25) is 0 Å². The SMILES string of the molecule is CCN(Cc1cccs1)C(=O)CNCCOC. The number of nitrogens with zero attached hydrogens (tertiary/aromatic N) is 1. The van der Waals surface area contributed by atoms with E-state index in [1.165, 1.54) is 4.88 Å². The molecular weight excluding hydrogens is 236 g/mol. The maximum atomic E-state index is 11.9. The number of amides is 1. The summed E-state index contributed by atoms with van der Waals surface area (Å²) in [6.45, 7) is 5.16. The summed E-state index contributed by atoms with van der Waals surface area (Å²) in [6, 6.07) is 4.06. The van der Waals surface area contributed by atoms with Gasteiger partial charge in [0.25, 0.3) is 0 Å². The Bertz CT molecular complexity index is 314. The third-order valence-corrected chi connectivity index (χ3v) is 3.28. The molecule has 17 heavy (non-hydrogen) atoms. The summed E-state index contributed by atoms with van der Waals surface area (Å²) < 4.78 is 4.91. The van der Waals surface area contributed by atoms with E-state index < -0.39 is 0 Å². The van der Waals surface area contributed by atoms with Gasteiger partial charge in [-0.25, -0.2) is 0 Å². The van der Waals surface area contributed by atoms with E-state index in [-0.39, 0.29) is 5.91 Å². The Hall–Kier alpha value is -0.910. The highest BCUT2D eigenvalue weighted by atomic mass is 32.1. The molecule has 0 aliphatic carbocycles. The predicted octanol–water partition coefficient (Wildman–Crippen LogP) is 1.33. The molecule has 0 atom stereocenters. The lowest BCUT2D eigenvalue weighted by Gasteiger charge is -2.20. The van der Waals surface area contributed by atoms with Crippen molar-refractivity contribution >= 4 is 17.2 Å². The van der Waals surface area contributed by atoms with Crippen molar-refractivity contribution in [3.63, 3.8) is 0 Å². The van der Waals surface area contributed by atoms with E-state index in [1.54, 1.807) is 18.4 Å². The van der Waals surface area contributed by atoms with Crippen LogP contribution in [0.15, 0.2) is 17.5 Å². The first kappa shape index (κ1) is 14.2. The van der Waals surface area contributed by atoms with Crippen molar-refractivity contribution in [3.8, 4) is 0 Å². The zero-order chi connectivity index (χ0) is 12.5. The summed E-state index contributed by atoms with van der Waals surface area (Å²) in [4.78, 5) is 15.0. The van der Waals surface area contributed by atoms with E-state index in [4.69, 9.17) is 4.74 Å². The van der Waals surface area contributed by atoms with Crippen molar-refractivity contribution in [1.29, 1.82) is 0 Å². The fraction of sp³-hybridized carbons (Fsp3) is 0.583. The fourth-order valence-electron chi connectivity index (χ4n) is 1.45. The first-order chi connectivity index (χ1) is 8.27. The Morgan fingerprint density at radius 1 is 1.59 bits per heavy atom. The maximum absolute atomic E-state index is 11.9. The molecule has 0 bridgehead atoms. The summed E-state index contributed by atoms with van der Waals surface area (Å²) >= 11 is 1.68. The van der Waals surface area contributed by atoms with Crippen LogP contribution in [-0.4, -0.2) is 44.2 Å². The Kier molecular flexibility index (Phi) is 6.84. The second-order valence-corrected chi connectivity index (χ2v) is 4.69. The molecule has 0 aromatic carbocycles. The number of likely N-dealkylation sites (N-methyl/N-ethyl adjacent to an activating group) is 1. The van der Waals surface area contributed by atoms with E-state index >= 15 is 0 Å². The van der Waals surface area contributed by atoms with Crippen LogP contribution in [-0.2, 0) is 16.1 Å². The van der Waals surface area contributed by atoms with Crippen LogP contribution in [0.5, 0.6) is 0 Å². The zero-order valence-corrected chi connectivity index (χ0v) is 11.3. The smallest absolute Gasteiger partial charge is 0.236 e. The molecule has 0 aliphatic heterocycles. The fourth-order valence-corrected chi connectivity index (χ4v) is 2.17. The third kappa shape index (κ3) is 5.30. The van der Waals surface area contributed by atoms with Gasteiger partial charge in [-0.1, -0.05) is 6.07 Å². The lowest BCUT2D eigenvalue weighted by atomic mass is 10.4. The largest absolute Gasteiger partial charge is 0.383 e. The average molecular weight is 256 g/mol. The minimum Gasteiger partial charge on any atom is -0.383 e. The molecule has 1 aromatic heterocycles. The number of thiophene rings is 1. The summed E-state index contributed by atoms with van der Waals surface area (Å²) in [7, 11) is 1.65. The summed E-state index contributed by atoms with van der Waals surface area (Å²) in [5.74, 6) is 0.136. The number of rotatable bonds is 8. The van der Waals surface area contributed by atoms with Crippen LogP contribution >= 0.6 is 11.3 Å². The van der Waals surface area contributed by atoms with Crippen molar-refractivity contribution in [3.05, 3.63) is 22.4 Å². The van der Waals surface area contributed by atoms with Gasteiger partial charge in [0, 0.05) is 25.1 Å². The number of carbonyl (C=O) groups is 1. The molecule has 1 rings (SSSR count). The summed E-state index contributed by atoms with van der Waals surface area (Å²) in [5, 5.41) is 5.10. The van der Waals surface area contributed by atoms with Crippen LogP contribution in [0.4, 0.5) is 0 Å². The molecule has 0 saturated carbocycles. The van der Waals surface area contributed by atoms with Crippen molar-refractivity contribution in [2.75, 3.05) is 33.4 Å². The quantitative estimate of drug-likeness (QED) is 0.714. The zero-order valence-electron chi connectivity index (χ0n) is 10.4. The number of hydrogen-bond acceptors (Lipinski definition) is 4. The van der Waals surface area contributed by atoms with E-state index in [0.29, 0.717) is 26.2 Å². The monoisotopic (exact) mass is 256 g/mol. The Balaban J connectivity index is 2.31. The minimum atomic E-state index is 0.136. The second kappa shape index (κ2) is 8.22. The van der Waals surface area contributed by atoms with Crippen LogP contribution in [0.25, 0.3) is 0 Å². The van der Waals surface area contributed by atoms with E-state index in [2.05, 4.69) is 11.4 Å². The third-order valence-electron chi connectivity index (χ3n) is 2.42. The highest BCUT2D eigenvalue weighted by Crippen LogP contribution is 2.11. The standard InChI is InChI=1S/C12H20N2O2S/c1-3-14(10-11-5-4-8-17-11)12(15)9-13-6-7-16-2/h4-5,8,13H,3,6-7,9-10H2,1-2H3. The normalized spacial score (nSPS) is 10.5. The number of carbonyl (C=O) groups excluding carboxylic acids is 1. The van der Waals surface area contributed by atoms with Gasteiger partial charge in [0.15, 0.2) is 0 Å². The molecular formula is C12H20N2O2S. The van der Waals surface area contributed by atoms with Crippen molar-refractivity contribution in [1.82, 2.24) is 10.2 Å². The Morgan fingerprint density at radius 2 is 2.41 bits per heavy atom. The molecule has 5 heteroatoms. The molecule has 0 saturated heterocycles. The molecule has 0 aliphatic rings. The van der Waals surface area contributed by atoms with Gasteiger partial charge < -0.3 is 15.0 Å². The number of ether oxygens (including phenoxy) is 1. The van der Waals surface area contributed by atoms with Crippen LogP contribution in [0, 0.1) is 0 Å². The van der Waals surface area contributed by atoms with Gasteiger partial charge in [-0.3, -0.25) is 4.79 Å². The van der Waals surface area contributed by atoms with Gasteiger partial charge in [-0.2, -0.15) is 0 Å². The Labute approximate surface area is 107 Å². The minimum absolute atomic E-state index is 0.136. The van der Waals surface area contributed by atoms with Gasteiger partial charge in [0.05, 0.1) is 19.7 Å². The average Bonchev–Trinajstić information content (AvgIpc) is 2.84. The van der Waals surface area contributed by atoms with Crippen LogP contribution < -0.4 is 5.32 Å². The molecule has 96 valence electrons. The highest BCUT2D eigenvalue weighted by molar-refractivity contribution is 7.09. The van der Waals surface area contributed by atoms with Crippen molar-refractivity contribution in [2.24, 2.45) is 0 Å². The van der Waals surface area contributed by atoms with Crippen LogP contribution in [0.3, 0.4) is 0 Å². The highest BCUT2D eigenvalue weighted by Gasteiger charge is 2.11. The molecule has 4 nitrogen and oxygen atoms in total. The van der Waals surface area contributed by atoms with Gasteiger partial charge in [-0.15, -0.1) is 11.3 Å². The van der Waals surface area contributed by atoms with E-state index in [0.717, 1.165) is 6.54 Å². The topological polar surface area (TPSA) is 41.6 Å². The molecule has 1 heterocycles. The first-order valence-electron chi connectivity index (χ1n) is 5.77.